The van der Waals surface area contributed by atoms with Gasteiger partial charge in [-0.3, -0.25) is 5.10 Å². The minimum Gasteiger partial charge on any atom is -0.325 e. The summed E-state index contributed by atoms with van der Waals surface area (Å²) in [6.07, 6.45) is 4.62. The molecule has 0 aliphatic carbocycles. The standard InChI is InChI=1S/C15H24N4O/c1-3-11(2)14-12-9-19(10-13(12)16-17-14)15(20)18-7-5-4-6-8-18/h11H,3-10H2,1-2H3,(H,16,17). The second-order valence-electron chi connectivity index (χ2n) is 6.06. The summed E-state index contributed by atoms with van der Waals surface area (Å²) in [5.41, 5.74) is 3.53. The lowest BCUT2D eigenvalue weighted by Gasteiger charge is -2.30. The van der Waals surface area contributed by atoms with Gasteiger partial charge in [-0.1, -0.05) is 13.8 Å². The predicted octanol–water partition coefficient (Wildman–Crippen LogP) is 2.84. The fourth-order valence-electron chi connectivity index (χ4n) is 3.18. The van der Waals surface area contributed by atoms with Gasteiger partial charge in [0.2, 0.25) is 0 Å². The van der Waals surface area contributed by atoms with E-state index in [1.165, 1.54) is 12.0 Å². The van der Waals surface area contributed by atoms with E-state index in [-0.39, 0.29) is 6.03 Å². The van der Waals surface area contributed by atoms with Crippen molar-refractivity contribution in [2.75, 3.05) is 13.1 Å². The van der Waals surface area contributed by atoms with Crippen LogP contribution in [0.2, 0.25) is 0 Å². The lowest BCUT2D eigenvalue weighted by Crippen LogP contribution is -2.43. The Kier molecular flexibility index (Phi) is 3.68. The number of hydrogen-bond acceptors (Lipinski definition) is 2. The minimum absolute atomic E-state index is 0.199. The van der Waals surface area contributed by atoms with Crippen molar-refractivity contribution in [1.29, 1.82) is 0 Å². The number of aromatic nitrogens is 2. The van der Waals surface area contributed by atoms with Crippen molar-refractivity contribution in [2.24, 2.45) is 0 Å². The molecule has 2 aliphatic rings. The molecule has 3 heterocycles. The quantitative estimate of drug-likeness (QED) is 0.903. The number of fused-ring (bicyclic) bond motifs is 1. The number of carbonyl (C=O) groups is 1. The number of urea groups is 1. The maximum Gasteiger partial charge on any atom is 0.320 e. The molecule has 20 heavy (non-hydrogen) atoms. The van der Waals surface area contributed by atoms with E-state index < -0.39 is 0 Å². The van der Waals surface area contributed by atoms with Crippen molar-refractivity contribution in [3.8, 4) is 0 Å². The molecule has 5 nitrogen and oxygen atoms in total. The third-order valence-corrected chi connectivity index (χ3v) is 4.66. The predicted molar refractivity (Wildman–Crippen MR) is 77.4 cm³/mol. The van der Waals surface area contributed by atoms with Gasteiger partial charge < -0.3 is 9.80 Å². The Morgan fingerprint density at radius 1 is 1.25 bits per heavy atom. The van der Waals surface area contributed by atoms with Crippen LogP contribution in [0.3, 0.4) is 0 Å². The molecule has 0 bridgehead atoms. The molecule has 1 atom stereocenters. The largest absolute Gasteiger partial charge is 0.325 e. The number of nitrogens with zero attached hydrogens (tertiary/aromatic N) is 3. The van der Waals surface area contributed by atoms with E-state index in [9.17, 15) is 4.79 Å². The Labute approximate surface area is 120 Å². The number of H-pyrrole nitrogens is 1. The highest BCUT2D eigenvalue weighted by atomic mass is 16.2. The zero-order valence-electron chi connectivity index (χ0n) is 12.5. The average molecular weight is 276 g/mol. The molecular weight excluding hydrogens is 252 g/mol. The van der Waals surface area contributed by atoms with Gasteiger partial charge in [-0.25, -0.2) is 4.79 Å². The molecule has 0 aromatic carbocycles. The summed E-state index contributed by atoms with van der Waals surface area (Å²) in [5.74, 6) is 0.458. The molecule has 1 saturated heterocycles. The van der Waals surface area contributed by atoms with Gasteiger partial charge in [0.25, 0.3) is 0 Å². The van der Waals surface area contributed by atoms with Gasteiger partial charge in [0.15, 0.2) is 0 Å². The number of carbonyl (C=O) groups excluding carboxylic acids is 1. The number of nitrogens with one attached hydrogen (secondary N) is 1. The van der Waals surface area contributed by atoms with Gasteiger partial charge in [-0.2, -0.15) is 5.10 Å². The Morgan fingerprint density at radius 3 is 2.70 bits per heavy atom. The van der Waals surface area contributed by atoms with E-state index in [0.717, 1.165) is 50.3 Å². The van der Waals surface area contributed by atoms with Crippen LogP contribution in [0.5, 0.6) is 0 Å². The van der Waals surface area contributed by atoms with Crippen LogP contribution in [0.4, 0.5) is 4.79 Å². The summed E-state index contributed by atoms with van der Waals surface area (Å²) in [5, 5.41) is 7.57. The minimum atomic E-state index is 0.199. The van der Waals surface area contributed by atoms with Crippen molar-refractivity contribution in [3.63, 3.8) is 0 Å². The number of aromatic amines is 1. The molecule has 3 rings (SSSR count). The SMILES string of the molecule is CCC(C)c1n[nH]c2c1CN(C(=O)N1CCCCC1)C2. The first-order valence-electron chi connectivity index (χ1n) is 7.80. The van der Waals surface area contributed by atoms with Crippen LogP contribution in [-0.2, 0) is 13.1 Å². The van der Waals surface area contributed by atoms with E-state index in [2.05, 4.69) is 24.0 Å². The van der Waals surface area contributed by atoms with Gasteiger partial charge in [0.1, 0.15) is 0 Å². The van der Waals surface area contributed by atoms with Crippen LogP contribution in [0, 0.1) is 0 Å². The van der Waals surface area contributed by atoms with Crippen LogP contribution in [0.25, 0.3) is 0 Å². The van der Waals surface area contributed by atoms with E-state index in [1.54, 1.807) is 0 Å². The number of hydrogen-bond donors (Lipinski definition) is 1. The lowest BCUT2D eigenvalue weighted by molar-refractivity contribution is 0.142. The Hall–Kier alpha value is -1.52. The first-order valence-corrected chi connectivity index (χ1v) is 7.80. The van der Waals surface area contributed by atoms with Crippen LogP contribution >= 0.6 is 0 Å². The molecule has 1 fully saturated rings. The zero-order valence-corrected chi connectivity index (χ0v) is 12.5. The number of likely N-dealkylation sites (tertiary alicyclic amines) is 1. The fraction of sp³-hybridized carbons (Fsp3) is 0.733. The second-order valence-corrected chi connectivity index (χ2v) is 6.06. The Morgan fingerprint density at radius 2 is 2.00 bits per heavy atom. The van der Waals surface area contributed by atoms with Crippen molar-refractivity contribution in [1.82, 2.24) is 20.0 Å². The van der Waals surface area contributed by atoms with Crippen molar-refractivity contribution in [3.05, 3.63) is 17.0 Å². The zero-order chi connectivity index (χ0) is 14.1. The normalized spacial score (nSPS) is 20.1. The Bertz CT molecular complexity index is 490. The van der Waals surface area contributed by atoms with E-state index >= 15 is 0 Å². The molecular formula is C15H24N4O. The maximum atomic E-state index is 12.5. The molecule has 2 amide bonds. The Balaban J connectivity index is 1.70. The van der Waals surface area contributed by atoms with Crippen LogP contribution in [0.15, 0.2) is 0 Å². The van der Waals surface area contributed by atoms with Crippen LogP contribution in [-0.4, -0.2) is 39.1 Å². The van der Waals surface area contributed by atoms with Crippen molar-refractivity contribution in [2.45, 2.75) is 58.5 Å². The van der Waals surface area contributed by atoms with Crippen LogP contribution in [0.1, 0.15) is 62.4 Å². The first-order chi connectivity index (χ1) is 9.70. The van der Waals surface area contributed by atoms with E-state index in [1.807, 2.05) is 9.80 Å². The average Bonchev–Trinajstić information content (AvgIpc) is 3.06. The number of rotatable bonds is 2. The van der Waals surface area contributed by atoms with Gasteiger partial charge in [-0.15, -0.1) is 0 Å². The molecule has 5 heteroatoms. The number of amides is 2. The summed E-state index contributed by atoms with van der Waals surface area (Å²) < 4.78 is 0. The molecule has 0 radical (unpaired) electrons. The van der Waals surface area contributed by atoms with Crippen molar-refractivity contribution < 1.29 is 4.79 Å². The smallest absolute Gasteiger partial charge is 0.320 e. The molecule has 1 N–H and O–H groups in total. The molecule has 110 valence electrons. The van der Waals surface area contributed by atoms with Crippen LogP contribution < -0.4 is 0 Å². The fourth-order valence-corrected chi connectivity index (χ4v) is 3.18. The topological polar surface area (TPSA) is 52.2 Å². The van der Waals surface area contributed by atoms with E-state index in [0.29, 0.717) is 12.5 Å². The van der Waals surface area contributed by atoms with Gasteiger partial charge in [0, 0.05) is 24.6 Å². The monoisotopic (exact) mass is 276 g/mol. The molecule has 1 aromatic heterocycles. The van der Waals surface area contributed by atoms with Gasteiger partial charge in [0.05, 0.1) is 24.5 Å². The maximum absolute atomic E-state index is 12.5. The van der Waals surface area contributed by atoms with Gasteiger partial charge in [-0.05, 0) is 25.7 Å². The summed E-state index contributed by atoms with van der Waals surface area (Å²) in [4.78, 5) is 16.5. The molecule has 1 unspecified atom stereocenters. The first kappa shape index (κ1) is 13.5. The highest BCUT2D eigenvalue weighted by molar-refractivity contribution is 5.75. The lowest BCUT2D eigenvalue weighted by atomic mass is 10.0. The van der Waals surface area contributed by atoms with Crippen molar-refractivity contribution >= 4 is 6.03 Å². The molecule has 2 aliphatic heterocycles. The summed E-state index contributed by atoms with van der Waals surface area (Å²) in [7, 11) is 0. The second kappa shape index (κ2) is 5.46. The number of piperidine rings is 1. The third kappa shape index (κ3) is 2.30. The third-order valence-electron chi connectivity index (χ3n) is 4.66. The molecule has 0 saturated carbocycles. The molecule has 1 aromatic rings. The summed E-state index contributed by atoms with van der Waals surface area (Å²) in [6, 6.07) is 0.199. The summed E-state index contributed by atoms with van der Waals surface area (Å²) >= 11 is 0. The molecule has 0 spiro atoms. The van der Waals surface area contributed by atoms with Gasteiger partial charge >= 0.3 is 6.03 Å². The highest BCUT2D eigenvalue weighted by Crippen LogP contribution is 2.30. The van der Waals surface area contributed by atoms with E-state index in [4.69, 9.17) is 0 Å². The highest BCUT2D eigenvalue weighted by Gasteiger charge is 2.31. The summed E-state index contributed by atoms with van der Waals surface area (Å²) in [6.45, 7) is 7.62.